The van der Waals surface area contributed by atoms with Gasteiger partial charge in [-0.1, -0.05) is 25.3 Å². The minimum Gasteiger partial charge on any atom is -0.338 e. The number of likely N-dealkylation sites (tertiary alicyclic amines) is 1. The Balaban J connectivity index is 1.50. The van der Waals surface area contributed by atoms with E-state index in [1.165, 1.54) is 49.7 Å². The molecule has 112 valence electrons. The van der Waals surface area contributed by atoms with E-state index in [0.29, 0.717) is 5.41 Å². The van der Waals surface area contributed by atoms with E-state index in [1.807, 2.05) is 6.07 Å². The summed E-state index contributed by atoms with van der Waals surface area (Å²) in [6, 6.07) is 6.23. The summed E-state index contributed by atoms with van der Waals surface area (Å²) in [7, 11) is 0. The molecule has 2 aliphatic heterocycles. The fourth-order valence-electron chi connectivity index (χ4n) is 4.43. The molecule has 3 nitrogen and oxygen atoms in total. The van der Waals surface area contributed by atoms with E-state index >= 15 is 0 Å². The monoisotopic (exact) mass is 284 g/mol. The van der Waals surface area contributed by atoms with Gasteiger partial charge in [0.2, 0.25) is 0 Å². The van der Waals surface area contributed by atoms with E-state index in [2.05, 4.69) is 22.3 Å². The minimum atomic E-state index is 0.243. The summed E-state index contributed by atoms with van der Waals surface area (Å²) in [6.07, 6.45) is 7.95. The van der Waals surface area contributed by atoms with E-state index in [1.54, 1.807) is 0 Å². The average Bonchev–Trinajstić information content (AvgIpc) is 3.14. The van der Waals surface area contributed by atoms with Crippen LogP contribution in [0.4, 0.5) is 0 Å². The Hall–Kier alpha value is -1.35. The van der Waals surface area contributed by atoms with Crippen molar-refractivity contribution in [2.75, 3.05) is 13.1 Å². The van der Waals surface area contributed by atoms with Gasteiger partial charge in [0.1, 0.15) is 0 Å². The van der Waals surface area contributed by atoms with Gasteiger partial charge < -0.3 is 10.2 Å². The first-order valence-electron chi connectivity index (χ1n) is 8.38. The molecule has 3 aliphatic rings. The topological polar surface area (TPSA) is 32.3 Å². The largest absolute Gasteiger partial charge is 0.338 e. The van der Waals surface area contributed by atoms with Crippen LogP contribution in [0.5, 0.6) is 0 Å². The van der Waals surface area contributed by atoms with Crippen LogP contribution < -0.4 is 5.32 Å². The van der Waals surface area contributed by atoms with E-state index < -0.39 is 0 Å². The molecule has 0 atom stereocenters. The number of nitrogens with one attached hydrogen (secondary N) is 1. The van der Waals surface area contributed by atoms with E-state index in [-0.39, 0.29) is 5.91 Å². The molecule has 1 aliphatic carbocycles. The van der Waals surface area contributed by atoms with Crippen LogP contribution in [0, 0.1) is 5.41 Å². The second kappa shape index (κ2) is 5.13. The predicted molar refractivity (Wildman–Crippen MR) is 83.0 cm³/mol. The van der Waals surface area contributed by atoms with Gasteiger partial charge in [-0.05, 0) is 47.9 Å². The number of hydrogen-bond acceptors (Lipinski definition) is 2. The molecule has 2 heterocycles. The highest BCUT2D eigenvalue weighted by Crippen LogP contribution is 2.43. The van der Waals surface area contributed by atoms with Gasteiger partial charge in [0, 0.05) is 31.7 Å². The van der Waals surface area contributed by atoms with Gasteiger partial charge in [-0.25, -0.2) is 0 Å². The Kier molecular flexibility index (Phi) is 3.26. The molecule has 0 bridgehead atoms. The van der Waals surface area contributed by atoms with Crippen LogP contribution >= 0.6 is 0 Å². The van der Waals surface area contributed by atoms with Crippen molar-refractivity contribution in [3.05, 3.63) is 34.9 Å². The van der Waals surface area contributed by atoms with E-state index in [9.17, 15) is 4.79 Å². The average molecular weight is 284 g/mol. The predicted octanol–water partition coefficient (Wildman–Crippen LogP) is 3.09. The van der Waals surface area contributed by atoms with Gasteiger partial charge in [-0.2, -0.15) is 0 Å². The highest BCUT2D eigenvalue weighted by molar-refractivity contribution is 5.94. The van der Waals surface area contributed by atoms with Crippen molar-refractivity contribution >= 4 is 5.91 Å². The molecule has 1 aromatic rings. The normalized spacial score (nSPS) is 23.5. The molecule has 1 amide bonds. The number of nitrogens with zero attached hydrogens (tertiary/aromatic N) is 1. The third-order valence-corrected chi connectivity index (χ3v) is 5.72. The Morgan fingerprint density at radius 3 is 2.71 bits per heavy atom. The van der Waals surface area contributed by atoms with Gasteiger partial charge >= 0.3 is 0 Å². The molecule has 0 unspecified atom stereocenters. The van der Waals surface area contributed by atoms with Crippen LogP contribution in [0.3, 0.4) is 0 Å². The molecule has 2 fully saturated rings. The molecule has 3 heteroatoms. The van der Waals surface area contributed by atoms with Gasteiger partial charge in [0.15, 0.2) is 0 Å². The zero-order chi connectivity index (χ0) is 14.3. The SMILES string of the molecule is O=C(c1ccc2c(c1)CNC2)N1CCC2(CCCCC2)C1. The summed E-state index contributed by atoms with van der Waals surface area (Å²) >= 11 is 0. The van der Waals surface area contributed by atoms with Crippen LogP contribution in [-0.4, -0.2) is 23.9 Å². The highest BCUT2D eigenvalue weighted by Gasteiger charge is 2.40. The molecule has 1 aromatic carbocycles. The van der Waals surface area contributed by atoms with Crippen LogP contribution in [-0.2, 0) is 13.1 Å². The fraction of sp³-hybridized carbons (Fsp3) is 0.611. The first-order chi connectivity index (χ1) is 10.3. The summed E-state index contributed by atoms with van der Waals surface area (Å²) in [6.45, 7) is 3.78. The zero-order valence-corrected chi connectivity index (χ0v) is 12.7. The van der Waals surface area contributed by atoms with Crippen molar-refractivity contribution in [2.45, 2.75) is 51.6 Å². The maximum absolute atomic E-state index is 12.8. The summed E-state index contributed by atoms with van der Waals surface area (Å²) in [4.78, 5) is 14.9. The third-order valence-electron chi connectivity index (χ3n) is 5.72. The number of carbonyl (C=O) groups is 1. The second-order valence-corrected chi connectivity index (χ2v) is 7.12. The lowest BCUT2D eigenvalue weighted by Gasteiger charge is -2.33. The molecule has 4 rings (SSSR count). The lowest BCUT2D eigenvalue weighted by molar-refractivity contribution is 0.0759. The number of carbonyl (C=O) groups excluding carboxylic acids is 1. The quantitative estimate of drug-likeness (QED) is 0.859. The highest BCUT2D eigenvalue weighted by atomic mass is 16.2. The van der Waals surface area contributed by atoms with Gasteiger partial charge in [0.25, 0.3) is 5.91 Å². The molecule has 1 saturated heterocycles. The fourth-order valence-corrected chi connectivity index (χ4v) is 4.43. The lowest BCUT2D eigenvalue weighted by Crippen LogP contribution is -2.33. The van der Waals surface area contributed by atoms with Crippen molar-refractivity contribution in [1.29, 1.82) is 0 Å². The Morgan fingerprint density at radius 1 is 1.05 bits per heavy atom. The first kappa shape index (κ1) is 13.3. The molecule has 21 heavy (non-hydrogen) atoms. The number of benzene rings is 1. The molecular formula is C18H24N2O. The molecular weight excluding hydrogens is 260 g/mol. The van der Waals surface area contributed by atoms with Crippen LogP contribution in [0.15, 0.2) is 18.2 Å². The van der Waals surface area contributed by atoms with Crippen molar-refractivity contribution < 1.29 is 4.79 Å². The Labute approximate surface area is 126 Å². The summed E-state index contributed by atoms with van der Waals surface area (Å²) in [5.74, 6) is 0.243. The Morgan fingerprint density at radius 2 is 1.86 bits per heavy atom. The molecule has 0 aromatic heterocycles. The summed E-state index contributed by atoms with van der Waals surface area (Å²) in [5.41, 5.74) is 3.97. The number of amides is 1. The second-order valence-electron chi connectivity index (χ2n) is 7.12. The minimum absolute atomic E-state index is 0.243. The summed E-state index contributed by atoms with van der Waals surface area (Å²) < 4.78 is 0. The first-order valence-corrected chi connectivity index (χ1v) is 8.38. The van der Waals surface area contributed by atoms with Crippen LogP contribution in [0.25, 0.3) is 0 Å². The molecule has 1 saturated carbocycles. The third kappa shape index (κ3) is 2.38. The maximum atomic E-state index is 12.8. The standard InChI is InChI=1S/C18H24N2O/c21-17(14-4-5-15-11-19-12-16(15)10-14)20-9-8-18(13-20)6-2-1-3-7-18/h4-5,10,19H,1-3,6-9,11-13H2. The molecule has 1 N–H and O–H groups in total. The van der Waals surface area contributed by atoms with Gasteiger partial charge in [0.05, 0.1) is 0 Å². The number of fused-ring (bicyclic) bond motifs is 1. The van der Waals surface area contributed by atoms with Crippen LogP contribution in [0.1, 0.15) is 60.0 Å². The molecule has 1 spiro atoms. The maximum Gasteiger partial charge on any atom is 0.253 e. The smallest absolute Gasteiger partial charge is 0.253 e. The molecule has 0 radical (unpaired) electrons. The Bertz CT molecular complexity index is 560. The zero-order valence-electron chi connectivity index (χ0n) is 12.7. The van der Waals surface area contributed by atoms with Crippen molar-refractivity contribution in [3.8, 4) is 0 Å². The van der Waals surface area contributed by atoms with E-state index in [4.69, 9.17) is 0 Å². The summed E-state index contributed by atoms with van der Waals surface area (Å²) in [5, 5.41) is 3.35. The van der Waals surface area contributed by atoms with Crippen molar-refractivity contribution in [1.82, 2.24) is 10.2 Å². The van der Waals surface area contributed by atoms with Crippen molar-refractivity contribution in [3.63, 3.8) is 0 Å². The number of rotatable bonds is 1. The van der Waals surface area contributed by atoms with Crippen molar-refractivity contribution in [2.24, 2.45) is 5.41 Å². The van der Waals surface area contributed by atoms with E-state index in [0.717, 1.165) is 31.7 Å². The van der Waals surface area contributed by atoms with Gasteiger partial charge in [-0.15, -0.1) is 0 Å². The van der Waals surface area contributed by atoms with Crippen LogP contribution in [0.2, 0.25) is 0 Å². The number of hydrogen-bond donors (Lipinski definition) is 1. The van der Waals surface area contributed by atoms with Gasteiger partial charge in [-0.3, -0.25) is 4.79 Å². The lowest BCUT2D eigenvalue weighted by atomic mass is 9.73.